The molecule has 8 heteroatoms. The maximum atomic E-state index is 14.0. The Kier molecular flexibility index (Phi) is 5.22. The van der Waals surface area contributed by atoms with Gasteiger partial charge in [-0.15, -0.1) is 0 Å². The molecule has 0 aromatic heterocycles. The van der Waals surface area contributed by atoms with Crippen LogP contribution in [0.15, 0.2) is 17.0 Å². The number of anilines is 1. The zero-order valence-corrected chi connectivity index (χ0v) is 13.5. The number of thioether (sulfide) groups is 2. The van der Waals surface area contributed by atoms with Crippen molar-refractivity contribution in [2.75, 3.05) is 29.5 Å². The molecular weight excluding hydrogens is 319 g/mol. The van der Waals surface area contributed by atoms with Crippen molar-refractivity contribution in [3.63, 3.8) is 0 Å². The molecule has 2 rings (SSSR count). The number of halogens is 1. The molecule has 1 aliphatic rings. The lowest BCUT2D eigenvalue weighted by atomic mass is 10.2. The molecular formula is C12H17FN2O2S3. The quantitative estimate of drug-likeness (QED) is 0.821. The Morgan fingerprint density at radius 3 is 2.85 bits per heavy atom. The zero-order chi connectivity index (χ0) is 14.8. The molecule has 0 saturated carbocycles. The van der Waals surface area contributed by atoms with Gasteiger partial charge >= 0.3 is 0 Å². The van der Waals surface area contributed by atoms with Gasteiger partial charge in [-0.05, 0) is 24.6 Å². The summed E-state index contributed by atoms with van der Waals surface area (Å²) in [5.41, 5.74) is 6.07. The Labute approximate surface area is 127 Å². The number of sulfonamides is 1. The molecule has 1 aromatic carbocycles. The van der Waals surface area contributed by atoms with Crippen LogP contribution in [0.4, 0.5) is 10.1 Å². The van der Waals surface area contributed by atoms with E-state index in [4.69, 9.17) is 5.73 Å². The fourth-order valence-corrected chi connectivity index (χ4v) is 5.88. The predicted molar refractivity (Wildman–Crippen MR) is 84.3 cm³/mol. The van der Waals surface area contributed by atoms with E-state index in [1.54, 1.807) is 11.8 Å². The van der Waals surface area contributed by atoms with E-state index in [1.165, 1.54) is 13.0 Å². The molecule has 1 saturated heterocycles. The van der Waals surface area contributed by atoms with E-state index in [0.717, 1.165) is 23.3 Å². The first kappa shape index (κ1) is 15.9. The highest BCUT2D eigenvalue weighted by atomic mass is 32.2. The van der Waals surface area contributed by atoms with Gasteiger partial charge in [-0.25, -0.2) is 17.5 Å². The normalized spacial score (nSPS) is 20.0. The second kappa shape index (κ2) is 6.55. The second-order valence-electron chi connectivity index (χ2n) is 4.57. The minimum atomic E-state index is -3.86. The number of nitrogen functional groups attached to an aromatic ring is 1. The maximum Gasteiger partial charge on any atom is 0.243 e. The van der Waals surface area contributed by atoms with Gasteiger partial charge in [0.05, 0.1) is 0 Å². The Balaban J connectivity index is 2.14. The third-order valence-electron chi connectivity index (χ3n) is 2.92. The van der Waals surface area contributed by atoms with Gasteiger partial charge in [0.25, 0.3) is 0 Å². The summed E-state index contributed by atoms with van der Waals surface area (Å²) in [5.74, 6) is 2.28. The molecule has 0 amide bonds. The lowest BCUT2D eigenvalue weighted by Crippen LogP contribution is -2.34. The fourth-order valence-electron chi connectivity index (χ4n) is 1.89. The Morgan fingerprint density at radius 1 is 1.45 bits per heavy atom. The lowest BCUT2D eigenvalue weighted by Gasteiger charge is -2.21. The second-order valence-corrected chi connectivity index (χ2v) is 8.86. The summed E-state index contributed by atoms with van der Waals surface area (Å²) in [4.78, 5) is -0.372. The Hall–Kier alpha value is -0.440. The van der Waals surface area contributed by atoms with Crippen LogP contribution in [0.2, 0.25) is 0 Å². The van der Waals surface area contributed by atoms with E-state index in [2.05, 4.69) is 4.72 Å². The average molecular weight is 336 g/mol. The van der Waals surface area contributed by atoms with E-state index in [1.807, 2.05) is 11.8 Å². The molecule has 1 aliphatic heterocycles. The maximum absolute atomic E-state index is 14.0. The van der Waals surface area contributed by atoms with Crippen LogP contribution in [0.5, 0.6) is 0 Å². The van der Waals surface area contributed by atoms with E-state index in [0.29, 0.717) is 6.54 Å². The summed E-state index contributed by atoms with van der Waals surface area (Å²) >= 11 is 3.55. The number of rotatable bonds is 4. The number of nitrogens with two attached hydrogens (primary N) is 1. The number of hydrogen-bond donors (Lipinski definition) is 2. The number of benzene rings is 1. The summed E-state index contributed by atoms with van der Waals surface area (Å²) in [7, 11) is -3.86. The third-order valence-corrected chi connectivity index (χ3v) is 7.19. The van der Waals surface area contributed by atoms with Gasteiger partial charge in [-0.1, -0.05) is 0 Å². The topological polar surface area (TPSA) is 72.2 Å². The van der Waals surface area contributed by atoms with Gasteiger partial charge in [-0.3, -0.25) is 0 Å². The van der Waals surface area contributed by atoms with Crippen molar-refractivity contribution in [1.29, 1.82) is 0 Å². The molecule has 1 fully saturated rings. The molecule has 0 spiro atoms. The molecule has 20 heavy (non-hydrogen) atoms. The van der Waals surface area contributed by atoms with Gasteiger partial charge in [0.1, 0.15) is 10.7 Å². The first-order chi connectivity index (χ1) is 9.40. The van der Waals surface area contributed by atoms with Crippen LogP contribution < -0.4 is 10.5 Å². The molecule has 0 aliphatic carbocycles. The minimum Gasteiger partial charge on any atom is -0.399 e. The van der Waals surface area contributed by atoms with Crippen molar-refractivity contribution in [3.05, 3.63) is 23.5 Å². The van der Waals surface area contributed by atoms with Gasteiger partial charge in [0.15, 0.2) is 0 Å². The molecule has 0 bridgehead atoms. The Bertz CT molecular complexity index is 587. The molecule has 0 radical (unpaired) electrons. The van der Waals surface area contributed by atoms with Crippen LogP contribution in [0, 0.1) is 12.7 Å². The van der Waals surface area contributed by atoms with Gasteiger partial charge in [-0.2, -0.15) is 23.5 Å². The fraction of sp³-hybridized carbons (Fsp3) is 0.500. The molecule has 112 valence electrons. The molecule has 1 heterocycles. The van der Waals surface area contributed by atoms with E-state index < -0.39 is 15.8 Å². The molecule has 3 N–H and O–H groups in total. The summed E-state index contributed by atoms with van der Waals surface area (Å²) in [6, 6.07) is 2.58. The minimum absolute atomic E-state index is 0.230. The first-order valence-corrected chi connectivity index (χ1v) is 9.83. The van der Waals surface area contributed by atoms with E-state index in [-0.39, 0.29) is 21.4 Å². The number of nitrogens with one attached hydrogen (secondary N) is 1. The van der Waals surface area contributed by atoms with Crippen LogP contribution >= 0.6 is 23.5 Å². The summed E-state index contributed by atoms with van der Waals surface area (Å²) in [6.07, 6.45) is 0. The lowest BCUT2D eigenvalue weighted by molar-refractivity contribution is 0.553. The van der Waals surface area contributed by atoms with Crippen LogP contribution in [0.3, 0.4) is 0 Å². The van der Waals surface area contributed by atoms with Crippen LogP contribution in [0.25, 0.3) is 0 Å². The van der Waals surface area contributed by atoms with Crippen molar-refractivity contribution in [2.24, 2.45) is 0 Å². The van der Waals surface area contributed by atoms with E-state index >= 15 is 0 Å². The van der Waals surface area contributed by atoms with Crippen LogP contribution in [0.1, 0.15) is 5.56 Å². The first-order valence-electron chi connectivity index (χ1n) is 6.15. The molecule has 1 unspecified atom stereocenters. The molecule has 4 nitrogen and oxygen atoms in total. The van der Waals surface area contributed by atoms with Crippen molar-refractivity contribution in [3.8, 4) is 0 Å². The molecule has 1 aromatic rings. The summed E-state index contributed by atoms with van der Waals surface area (Å²) < 4.78 is 40.8. The monoisotopic (exact) mass is 336 g/mol. The highest BCUT2D eigenvalue weighted by molar-refractivity contribution is 8.06. The highest BCUT2D eigenvalue weighted by Crippen LogP contribution is 2.25. The third kappa shape index (κ3) is 3.81. The smallest absolute Gasteiger partial charge is 0.243 e. The number of aryl methyl sites for hydroxylation is 1. The largest absolute Gasteiger partial charge is 0.399 e. The van der Waals surface area contributed by atoms with Crippen molar-refractivity contribution in [2.45, 2.75) is 17.1 Å². The highest BCUT2D eigenvalue weighted by Gasteiger charge is 2.23. The van der Waals surface area contributed by atoms with E-state index in [9.17, 15) is 12.8 Å². The Morgan fingerprint density at radius 2 is 2.20 bits per heavy atom. The van der Waals surface area contributed by atoms with Crippen molar-refractivity contribution >= 4 is 39.2 Å². The predicted octanol–water partition coefficient (Wildman–Crippen LogP) is 1.84. The summed E-state index contributed by atoms with van der Waals surface area (Å²) in [5, 5.41) is 0.230. The van der Waals surface area contributed by atoms with Crippen molar-refractivity contribution in [1.82, 2.24) is 4.72 Å². The van der Waals surface area contributed by atoms with Gasteiger partial charge in [0.2, 0.25) is 10.0 Å². The summed E-state index contributed by atoms with van der Waals surface area (Å²) in [6.45, 7) is 1.81. The average Bonchev–Trinajstić information content (AvgIpc) is 2.42. The number of hydrogen-bond acceptors (Lipinski definition) is 5. The van der Waals surface area contributed by atoms with Crippen LogP contribution in [-0.4, -0.2) is 37.5 Å². The molecule has 1 atom stereocenters. The van der Waals surface area contributed by atoms with Gasteiger partial charge in [0, 0.05) is 34.7 Å². The zero-order valence-electron chi connectivity index (χ0n) is 11.1. The van der Waals surface area contributed by atoms with Crippen molar-refractivity contribution < 1.29 is 12.8 Å². The van der Waals surface area contributed by atoms with Crippen LogP contribution in [-0.2, 0) is 10.0 Å². The standard InChI is InChI=1S/C12H17FN2O2S3/c1-8-4-9(14)5-11(12(8)13)20(16,17)15-6-10-7-18-2-3-19-10/h4-5,10,15H,2-3,6-7,14H2,1H3. The van der Waals surface area contributed by atoms with Gasteiger partial charge < -0.3 is 5.73 Å². The SMILES string of the molecule is Cc1cc(N)cc(S(=O)(=O)NCC2CSCCS2)c1F.